The van der Waals surface area contributed by atoms with Gasteiger partial charge in [0.2, 0.25) is 0 Å². The van der Waals surface area contributed by atoms with Gasteiger partial charge in [-0.1, -0.05) is 12.1 Å². The van der Waals surface area contributed by atoms with Gasteiger partial charge in [0.25, 0.3) is 0 Å². The minimum Gasteiger partial charge on any atom is -0.365 e. The van der Waals surface area contributed by atoms with E-state index in [1.165, 1.54) is 6.07 Å². The smallest absolute Gasteiger partial charge is 0.340 e. The van der Waals surface area contributed by atoms with Crippen molar-refractivity contribution in [3.05, 3.63) is 40.6 Å². The topological polar surface area (TPSA) is 98.5 Å². The van der Waals surface area contributed by atoms with Crippen LogP contribution in [0.5, 0.6) is 0 Å². The van der Waals surface area contributed by atoms with Crippen molar-refractivity contribution in [2.45, 2.75) is 12.5 Å². The minimum absolute atomic E-state index is 0.193. The van der Waals surface area contributed by atoms with E-state index >= 15 is 0 Å². The molecule has 118 valence electrons. The molecular weight excluding hydrogens is 299 g/mol. The molecule has 0 radical (unpaired) electrons. The third-order valence-electron chi connectivity index (χ3n) is 3.95. The number of aromatic nitrogens is 4. The Balaban J connectivity index is 1.87. The number of benzene rings is 1. The highest BCUT2D eigenvalue weighted by atomic mass is 19.1. The van der Waals surface area contributed by atoms with Gasteiger partial charge in [0.1, 0.15) is 17.3 Å². The minimum atomic E-state index is -0.407. The lowest BCUT2D eigenvalue weighted by atomic mass is 10.1. The Morgan fingerprint density at radius 2 is 2.26 bits per heavy atom. The van der Waals surface area contributed by atoms with Crippen LogP contribution in [0.15, 0.2) is 29.1 Å². The largest absolute Gasteiger partial charge is 0.365 e. The number of nitrogens with one attached hydrogen (secondary N) is 4. The first-order valence-corrected chi connectivity index (χ1v) is 7.42. The Morgan fingerprint density at radius 3 is 3.00 bits per heavy atom. The fourth-order valence-corrected chi connectivity index (χ4v) is 2.86. The quantitative estimate of drug-likeness (QED) is 0.583. The van der Waals surface area contributed by atoms with Crippen LogP contribution in [0.2, 0.25) is 0 Å². The van der Waals surface area contributed by atoms with Crippen molar-refractivity contribution in [2.75, 3.05) is 18.4 Å². The van der Waals surface area contributed by atoms with Crippen LogP contribution >= 0.6 is 0 Å². The molecule has 0 spiro atoms. The number of H-pyrrole nitrogens is 2. The van der Waals surface area contributed by atoms with E-state index < -0.39 is 5.69 Å². The summed E-state index contributed by atoms with van der Waals surface area (Å²) in [7, 11) is 0. The number of rotatable bonds is 3. The van der Waals surface area contributed by atoms with Gasteiger partial charge in [-0.2, -0.15) is 5.10 Å². The molecule has 1 atom stereocenters. The highest BCUT2D eigenvalue weighted by molar-refractivity contribution is 5.94. The molecule has 2 aromatic heterocycles. The normalized spacial score (nSPS) is 17.7. The third kappa shape index (κ3) is 2.57. The lowest BCUT2D eigenvalue weighted by molar-refractivity contribution is 0.639. The van der Waals surface area contributed by atoms with Crippen molar-refractivity contribution in [1.29, 1.82) is 0 Å². The predicted molar refractivity (Wildman–Crippen MR) is 84.8 cm³/mol. The summed E-state index contributed by atoms with van der Waals surface area (Å²) in [6, 6.07) is 6.78. The molecule has 1 saturated heterocycles. The third-order valence-corrected chi connectivity index (χ3v) is 3.95. The van der Waals surface area contributed by atoms with E-state index in [4.69, 9.17) is 0 Å². The number of hydrogen-bond donors (Lipinski definition) is 4. The van der Waals surface area contributed by atoms with Gasteiger partial charge in [-0.3, -0.25) is 4.98 Å². The Bertz CT molecular complexity index is 912. The van der Waals surface area contributed by atoms with Crippen molar-refractivity contribution in [2.24, 2.45) is 0 Å². The van der Waals surface area contributed by atoms with Crippen LogP contribution in [0, 0.1) is 5.82 Å². The first-order valence-electron chi connectivity index (χ1n) is 7.42. The van der Waals surface area contributed by atoms with Crippen molar-refractivity contribution in [3.63, 3.8) is 0 Å². The molecule has 0 unspecified atom stereocenters. The summed E-state index contributed by atoms with van der Waals surface area (Å²) in [6.45, 7) is 1.73. The molecular formula is C15H15FN6O. The van der Waals surface area contributed by atoms with Crippen LogP contribution in [0.4, 0.5) is 10.2 Å². The second kappa shape index (κ2) is 5.47. The molecule has 3 aromatic rings. The highest BCUT2D eigenvalue weighted by Crippen LogP contribution is 2.29. The standard InChI is InChI=1S/C15H15FN6O/c16-10-3-1-2-8-6-11(13-20-15(23)22-21-13)19-14(12(8)10)18-9-4-5-17-7-9/h1-3,6,9,17H,4-5,7H2,(H,18,19)(H2,20,21,22,23)/t9-/m0/s1. The van der Waals surface area contributed by atoms with Crippen LogP contribution in [0.3, 0.4) is 0 Å². The van der Waals surface area contributed by atoms with Gasteiger partial charge < -0.3 is 10.6 Å². The first-order chi connectivity index (χ1) is 11.2. The molecule has 0 aliphatic carbocycles. The molecule has 1 aliphatic rings. The molecule has 1 fully saturated rings. The Hall–Kier alpha value is -2.74. The summed E-state index contributed by atoms with van der Waals surface area (Å²) in [5.74, 6) is 0.465. The average molecular weight is 314 g/mol. The molecule has 7 nitrogen and oxygen atoms in total. The van der Waals surface area contributed by atoms with E-state index in [9.17, 15) is 9.18 Å². The number of aromatic amines is 2. The zero-order valence-corrected chi connectivity index (χ0v) is 12.2. The summed E-state index contributed by atoms with van der Waals surface area (Å²) in [5, 5.41) is 13.9. The molecule has 0 bridgehead atoms. The zero-order valence-electron chi connectivity index (χ0n) is 12.2. The number of halogens is 1. The zero-order chi connectivity index (χ0) is 15.8. The van der Waals surface area contributed by atoms with Gasteiger partial charge in [0, 0.05) is 12.6 Å². The van der Waals surface area contributed by atoms with Gasteiger partial charge in [0.05, 0.1) is 5.39 Å². The molecule has 4 N–H and O–H groups in total. The van der Waals surface area contributed by atoms with Crippen molar-refractivity contribution in [1.82, 2.24) is 25.5 Å². The van der Waals surface area contributed by atoms with Crippen molar-refractivity contribution >= 4 is 16.6 Å². The molecule has 1 aliphatic heterocycles. The number of fused-ring (bicyclic) bond motifs is 1. The van der Waals surface area contributed by atoms with Crippen LogP contribution in [0.1, 0.15) is 6.42 Å². The molecule has 4 rings (SSSR count). The number of hydrogen-bond acceptors (Lipinski definition) is 5. The van der Waals surface area contributed by atoms with Crippen LogP contribution in [-0.2, 0) is 0 Å². The highest BCUT2D eigenvalue weighted by Gasteiger charge is 2.19. The van der Waals surface area contributed by atoms with E-state index in [0.29, 0.717) is 28.1 Å². The number of nitrogens with zero attached hydrogens (tertiary/aromatic N) is 2. The Morgan fingerprint density at radius 1 is 1.35 bits per heavy atom. The van der Waals surface area contributed by atoms with E-state index in [-0.39, 0.29) is 11.9 Å². The number of anilines is 1. The van der Waals surface area contributed by atoms with E-state index in [1.807, 2.05) is 6.07 Å². The van der Waals surface area contributed by atoms with Gasteiger partial charge in [0.15, 0.2) is 5.82 Å². The van der Waals surface area contributed by atoms with Gasteiger partial charge in [-0.15, -0.1) is 0 Å². The number of pyridine rings is 1. The molecule has 0 saturated carbocycles. The monoisotopic (exact) mass is 314 g/mol. The molecule has 23 heavy (non-hydrogen) atoms. The van der Waals surface area contributed by atoms with Crippen LogP contribution in [0.25, 0.3) is 22.3 Å². The summed E-state index contributed by atoms with van der Waals surface area (Å²) in [6.07, 6.45) is 0.946. The molecule has 0 amide bonds. The van der Waals surface area contributed by atoms with Crippen LogP contribution in [-0.4, -0.2) is 39.3 Å². The summed E-state index contributed by atoms with van der Waals surface area (Å²) >= 11 is 0. The molecule has 8 heteroatoms. The van der Waals surface area contributed by atoms with Crippen molar-refractivity contribution in [3.8, 4) is 11.5 Å². The van der Waals surface area contributed by atoms with Gasteiger partial charge in [-0.05, 0) is 30.5 Å². The van der Waals surface area contributed by atoms with Crippen molar-refractivity contribution < 1.29 is 4.39 Å². The van der Waals surface area contributed by atoms with E-state index in [1.54, 1.807) is 12.1 Å². The fourth-order valence-electron chi connectivity index (χ4n) is 2.86. The Kier molecular flexibility index (Phi) is 3.30. The maximum absolute atomic E-state index is 14.3. The lowest BCUT2D eigenvalue weighted by Crippen LogP contribution is -2.23. The van der Waals surface area contributed by atoms with Gasteiger partial charge >= 0.3 is 5.69 Å². The Labute approximate surface area is 130 Å². The summed E-state index contributed by atoms with van der Waals surface area (Å²) < 4.78 is 14.3. The maximum Gasteiger partial charge on any atom is 0.340 e. The lowest BCUT2D eigenvalue weighted by Gasteiger charge is -2.15. The average Bonchev–Trinajstić information content (AvgIpc) is 3.19. The molecule has 3 heterocycles. The predicted octanol–water partition coefficient (Wildman–Crippen LogP) is 1.23. The van der Waals surface area contributed by atoms with Gasteiger partial charge in [-0.25, -0.2) is 19.3 Å². The maximum atomic E-state index is 14.3. The summed E-state index contributed by atoms with van der Waals surface area (Å²) in [4.78, 5) is 18.3. The summed E-state index contributed by atoms with van der Waals surface area (Å²) in [5.41, 5.74) is 0.0746. The fraction of sp³-hybridized carbons (Fsp3) is 0.267. The second-order valence-electron chi connectivity index (χ2n) is 5.55. The molecule has 1 aromatic carbocycles. The van der Waals surface area contributed by atoms with Crippen LogP contribution < -0.4 is 16.3 Å². The van der Waals surface area contributed by atoms with E-state index in [0.717, 1.165) is 19.5 Å². The SMILES string of the molecule is O=c1[nH]nc(-c2cc3cccc(F)c3c(N[C@H]3CCNC3)n2)[nH]1. The second-order valence-corrected chi connectivity index (χ2v) is 5.55. The first kappa shape index (κ1) is 13.9. The van der Waals surface area contributed by atoms with E-state index in [2.05, 4.69) is 30.8 Å².